The van der Waals surface area contributed by atoms with Gasteiger partial charge in [-0.1, -0.05) is 0 Å². The number of ether oxygens (including phenoxy) is 3. The fourth-order valence-electron chi connectivity index (χ4n) is 1.77. The van der Waals surface area contributed by atoms with Gasteiger partial charge in [-0.15, -0.1) is 0 Å². The molecule has 0 spiro atoms. The minimum Gasteiger partial charge on any atom is -0.465 e. The molecular weight excluding hydrogens is 480 g/mol. The Hall–Kier alpha value is -2.99. The fourth-order valence-corrected chi connectivity index (χ4v) is 1.77. The molecule has 0 radical (unpaired) electrons. The highest BCUT2D eigenvalue weighted by molar-refractivity contribution is 5.94. The van der Waals surface area contributed by atoms with Gasteiger partial charge in [-0.05, 0) is 41.5 Å². The van der Waals surface area contributed by atoms with Gasteiger partial charge in [0.1, 0.15) is 36.0 Å². The minimum atomic E-state index is -0.685. The first-order valence-corrected chi connectivity index (χ1v) is 11.4. The quantitative estimate of drug-likeness (QED) is 0.178. The van der Waals surface area contributed by atoms with E-state index in [1.165, 1.54) is 34.6 Å². The van der Waals surface area contributed by atoms with Crippen LogP contribution in [-0.4, -0.2) is 83.3 Å². The standard InChI is InChI=1S/2C8H14O4.C8H12O4/c3*1-6(9)3-4-12-8(11)5-7(2)10/h7,10H,3-5H2,1-2H3;6,9H,3-5H2,1-2H3;3-5H2,1-2H3/t7-;6-;/m11./s1. The number of esters is 3. The first-order valence-electron chi connectivity index (χ1n) is 11.4. The van der Waals surface area contributed by atoms with Crippen LogP contribution in [0.15, 0.2) is 0 Å². The van der Waals surface area contributed by atoms with Gasteiger partial charge in [0.2, 0.25) is 0 Å². The molecule has 0 saturated heterocycles. The van der Waals surface area contributed by atoms with Gasteiger partial charge < -0.3 is 24.4 Å². The van der Waals surface area contributed by atoms with E-state index in [4.69, 9.17) is 10.2 Å². The molecule has 2 atom stereocenters. The van der Waals surface area contributed by atoms with Gasteiger partial charge in [-0.25, -0.2) is 0 Å². The topological polar surface area (TPSA) is 188 Å². The molecule has 0 rings (SSSR count). The van der Waals surface area contributed by atoms with Crippen molar-refractivity contribution in [2.45, 2.75) is 92.3 Å². The molecule has 12 heteroatoms. The van der Waals surface area contributed by atoms with E-state index < -0.39 is 30.1 Å². The van der Waals surface area contributed by atoms with E-state index in [-0.39, 0.29) is 75.1 Å². The van der Waals surface area contributed by atoms with Crippen LogP contribution in [0.1, 0.15) is 80.1 Å². The van der Waals surface area contributed by atoms with E-state index in [9.17, 15) is 33.6 Å². The third-order valence-corrected chi connectivity index (χ3v) is 3.48. The lowest BCUT2D eigenvalue weighted by molar-refractivity contribution is -0.147. The van der Waals surface area contributed by atoms with Crippen LogP contribution in [-0.2, 0) is 47.8 Å². The van der Waals surface area contributed by atoms with Gasteiger partial charge in [-0.3, -0.25) is 33.6 Å². The summed E-state index contributed by atoms with van der Waals surface area (Å²) in [4.78, 5) is 73.7. The maximum Gasteiger partial charge on any atom is 0.313 e. The normalized spacial score (nSPS) is 11.2. The van der Waals surface area contributed by atoms with E-state index >= 15 is 0 Å². The highest BCUT2D eigenvalue weighted by atomic mass is 16.5. The molecule has 0 aliphatic rings. The number of hydrogen-bond donors (Lipinski definition) is 2. The van der Waals surface area contributed by atoms with Crippen LogP contribution in [0.2, 0.25) is 0 Å². The lowest BCUT2D eigenvalue weighted by Gasteiger charge is -2.04. The predicted molar refractivity (Wildman–Crippen MR) is 127 cm³/mol. The van der Waals surface area contributed by atoms with E-state index in [0.717, 1.165) is 0 Å². The van der Waals surface area contributed by atoms with Gasteiger partial charge in [0, 0.05) is 19.3 Å². The molecule has 2 N–H and O–H groups in total. The Bertz CT molecular complexity index is 710. The Morgan fingerprint density at radius 1 is 0.556 bits per heavy atom. The molecule has 0 bridgehead atoms. The van der Waals surface area contributed by atoms with Gasteiger partial charge in [0.05, 0.1) is 38.4 Å². The molecule has 0 fully saturated rings. The maximum absolute atomic E-state index is 10.7. The number of ketones is 4. The second kappa shape index (κ2) is 23.7. The summed E-state index contributed by atoms with van der Waals surface area (Å²) in [6.07, 6.45) is -0.709. The fraction of sp³-hybridized carbons (Fsp3) is 0.708. The average molecular weight is 521 g/mol. The van der Waals surface area contributed by atoms with Crippen molar-refractivity contribution in [2.75, 3.05) is 19.8 Å². The molecule has 0 aromatic heterocycles. The lowest BCUT2D eigenvalue weighted by atomic mass is 10.3. The first-order chi connectivity index (χ1) is 16.6. The van der Waals surface area contributed by atoms with Crippen molar-refractivity contribution in [3.8, 4) is 0 Å². The monoisotopic (exact) mass is 520 g/mol. The molecule has 0 aromatic rings. The van der Waals surface area contributed by atoms with E-state index in [1.54, 1.807) is 6.92 Å². The molecule has 0 aliphatic carbocycles. The Morgan fingerprint density at radius 3 is 1.22 bits per heavy atom. The zero-order chi connectivity index (χ0) is 28.7. The van der Waals surface area contributed by atoms with Crippen LogP contribution in [0.5, 0.6) is 0 Å². The highest BCUT2D eigenvalue weighted by Crippen LogP contribution is 1.95. The van der Waals surface area contributed by atoms with E-state index in [0.29, 0.717) is 6.42 Å². The Labute approximate surface area is 211 Å². The number of aliphatic hydroxyl groups is 2. The highest BCUT2D eigenvalue weighted by Gasteiger charge is 2.08. The van der Waals surface area contributed by atoms with Crippen molar-refractivity contribution < 1.29 is 58.0 Å². The smallest absolute Gasteiger partial charge is 0.313 e. The zero-order valence-corrected chi connectivity index (χ0v) is 22.0. The molecule has 0 saturated carbocycles. The lowest BCUT2D eigenvalue weighted by Crippen LogP contribution is -2.14. The zero-order valence-electron chi connectivity index (χ0n) is 22.0. The second-order valence-electron chi connectivity index (χ2n) is 8.01. The van der Waals surface area contributed by atoms with Crippen molar-refractivity contribution in [3.63, 3.8) is 0 Å². The number of aliphatic hydroxyl groups excluding tert-OH is 2. The van der Waals surface area contributed by atoms with E-state index in [1.807, 2.05) is 0 Å². The molecule has 0 unspecified atom stereocenters. The number of rotatable bonds is 15. The molecule has 0 aromatic carbocycles. The first kappa shape index (κ1) is 37.6. The van der Waals surface area contributed by atoms with Crippen molar-refractivity contribution >= 4 is 41.0 Å². The molecule has 0 heterocycles. The van der Waals surface area contributed by atoms with Crippen LogP contribution in [0.4, 0.5) is 0 Å². The third kappa shape index (κ3) is 38.3. The summed E-state index contributed by atoms with van der Waals surface area (Å²) in [5.74, 6) is -2.05. The Balaban J connectivity index is -0.000000454. The predicted octanol–water partition coefficient (Wildman–Crippen LogP) is 1.05. The molecule has 36 heavy (non-hydrogen) atoms. The number of Topliss-reactive ketones (excluding diaryl/α,β-unsaturated/α-hetero) is 4. The molecule has 0 aliphatic heterocycles. The number of carbonyl (C=O) groups excluding carboxylic acids is 7. The third-order valence-electron chi connectivity index (χ3n) is 3.48. The average Bonchev–Trinajstić information content (AvgIpc) is 2.66. The van der Waals surface area contributed by atoms with Crippen LogP contribution in [0.3, 0.4) is 0 Å². The van der Waals surface area contributed by atoms with Crippen LogP contribution >= 0.6 is 0 Å². The van der Waals surface area contributed by atoms with Crippen molar-refractivity contribution in [1.29, 1.82) is 0 Å². The van der Waals surface area contributed by atoms with E-state index in [2.05, 4.69) is 14.2 Å². The summed E-state index contributed by atoms with van der Waals surface area (Å²) in [5, 5.41) is 17.6. The van der Waals surface area contributed by atoms with Crippen LogP contribution < -0.4 is 0 Å². The van der Waals surface area contributed by atoms with Crippen molar-refractivity contribution in [2.24, 2.45) is 0 Å². The Morgan fingerprint density at radius 2 is 0.917 bits per heavy atom. The molecule has 208 valence electrons. The van der Waals surface area contributed by atoms with Gasteiger partial charge in [0.15, 0.2) is 0 Å². The summed E-state index contributed by atoms with van der Waals surface area (Å²) in [6.45, 7) is 8.96. The van der Waals surface area contributed by atoms with Crippen molar-refractivity contribution in [3.05, 3.63) is 0 Å². The van der Waals surface area contributed by atoms with Crippen LogP contribution in [0.25, 0.3) is 0 Å². The Kier molecular flexibility index (Phi) is 24.8. The van der Waals surface area contributed by atoms with Gasteiger partial charge >= 0.3 is 17.9 Å². The summed E-state index contributed by atoms with van der Waals surface area (Å²) in [5.41, 5.74) is 0. The summed E-state index contributed by atoms with van der Waals surface area (Å²) < 4.78 is 13.9. The maximum atomic E-state index is 10.7. The number of hydrogen-bond acceptors (Lipinski definition) is 12. The van der Waals surface area contributed by atoms with Crippen LogP contribution in [0, 0.1) is 0 Å². The van der Waals surface area contributed by atoms with Gasteiger partial charge in [-0.2, -0.15) is 0 Å². The molecule has 12 nitrogen and oxygen atoms in total. The number of carbonyl (C=O) groups is 7. The molecular formula is C24H40O12. The van der Waals surface area contributed by atoms with Gasteiger partial charge in [0.25, 0.3) is 0 Å². The van der Waals surface area contributed by atoms with Crippen molar-refractivity contribution in [1.82, 2.24) is 0 Å². The summed E-state index contributed by atoms with van der Waals surface area (Å²) in [6, 6.07) is 0. The molecule has 0 amide bonds. The second-order valence-corrected chi connectivity index (χ2v) is 8.01. The largest absolute Gasteiger partial charge is 0.465 e. The minimum absolute atomic E-state index is 0.0140. The SMILES string of the molecule is CC(=O)CC(=O)OCC[C@@H](C)O.CC(=O)CCOC(=O)CC(C)=O.CC(=O)CCOC(=O)C[C@@H](C)O. The summed E-state index contributed by atoms with van der Waals surface area (Å²) >= 11 is 0. The summed E-state index contributed by atoms with van der Waals surface area (Å²) in [7, 11) is 0.